The number of anilines is 1. The Labute approximate surface area is 115 Å². The zero-order valence-corrected chi connectivity index (χ0v) is 12.1. The number of nitrogens with zero attached hydrogens (tertiary/aromatic N) is 2. The third kappa shape index (κ3) is 2.15. The summed E-state index contributed by atoms with van der Waals surface area (Å²) >= 11 is 0. The van der Waals surface area contributed by atoms with Crippen LogP contribution in [0.2, 0.25) is 0 Å². The van der Waals surface area contributed by atoms with Crippen LogP contribution in [0.15, 0.2) is 18.3 Å². The van der Waals surface area contributed by atoms with Gasteiger partial charge in [-0.25, -0.2) is 4.98 Å². The Morgan fingerprint density at radius 1 is 1.16 bits per heavy atom. The highest BCUT2D eigenvalue weighted by atomic mass is 16.7. The minimum absolute atomic E-state index is 0.294. The van der Waals surface area contributed by atoms with Crippen LogP contribution in [0.4, 0.5) is 5.82 Å². The average molecular weight is 260 g/mol. The summed E-state index contributed by atoms with van der Waals surface area (Å²) < 4.78 is 12.1. The zero-order valence-electron chi connectivity index (χ0n) is 12.1. The van der Waals surface area contributed by atoms with E-state index in [2.05, 4.69) is 43.6 Å². The lowest BCUT2D eigenvalue weighted by molar-refractivity contribution is 0.00578. The summed E-state index contributed by atoms with van der Waals surface area (Å²) in [6.07, 6.45) is 3.09. The number of pyridine rings is 1. The van der Waals surface area contributed by atoms with Gasteiger partial charge >= 0.3 is 7.12 Å². The minimum Gasteiger partial charge on any atom is -0.399 e. The van der Waals surface area contributed by atoms with Crippen LogP contribution in [0.1, 0.15) is 34.1 Å². The number of hydrogen-bond acceptors (Lipinski definition) is 4. The van der Waals surface area contributed by atoms with Crippen molar-refractivity contribution in [2.45, 2.75) is 45.3 Å². The third-order valence-electron chi connectivity index (χ3n) is 4.48. The molecule has 0 bridgehead atoms. The lowest BCUT2D eigenvalue weighted by atomic mass is 9.79. The van der Waals surface area contributed by atoms with E-state index < -0.39 is 0 Å². The molecular weight excluding hydrogens is 239 g/mol. The predicted octanol–water partition coefficient (Wildman–Crippen LogP) is 1.59. The van der Waals surface area contributed by atoms with Gasteiger partial charge in [0.05, 0.1) is 11.2 Å². The fourth-order valence-electron chi connectivity index (χ4n) is 2.28. The van der Waals surface area contributed by atoms with Crippen LogP contribution in [-0.2, 0) is 9.31 Å². The van der Waals surface area contributed by atoms with Gasteiger partial charge in [-0.05, 0) is 51.7 Å². The summed E-state index contributed by atoms with van der Waals surface area (Å²) in [7, 11) is -0.298. The number of aromatic nitrogens is 1. The molecular formula is C14H21BN2O2. The Bertz CT molecular complexity index is 470. The molecule has 0 unspecified atom stereocenters. The van der Waals surface area contributed by atoms with Gasteiger partial charge in [0.25, 0.3) is 0 Å². The molecule has 0 aliphatic carbocycles. The van der Waals surface area contributed by atoms with Crippen molar-refractivity contribution in [3.8, 4) is 0 Å². The Kier molecular flexibility index (Phi) is 2.87. The molecule has 0 spiro atoms. The maximum Gasteiger partial charge on any atom is 0.495 e. The Morgan fingerprint density at radius 2 is 1.79 bits per heavy atom. The van der Waals surface area contributed by atoms with Crippen molar-refractivity contribution < 1.29 is 9.31 Å². The Hall–Kier alpha value is -1.07. The normalized spacial score (nSPS) is 24.4. The topological polar surface area (TPSA) is 34.6 Å². The fraction of sp³-hybridized carbons (Fsp3) is 0.643. The van der Waals surface area contributed by atoms with E-state index in [4.69, 9.17) is 9.31 Å². The van der Waals surface area contributed by atoms with Crippen LogP contribution in [0.5, 0.6) is 0 Å². The maximum atomic E-state index is 6.07. The molecule has 2 saturated heterocycles. The second kappa shape index (κ2) is 4.22. The molecule has 1 aromatic rings. The second-order valence-corrected chi connectivity index (χ2v) is 6.38. The average Bonchev–Trinajstić information content (AvgIpc) is 2.46. The van der Waals surface area contributed by atoms with E-state index in [9.17, 15) is 0 Å². The fourth-order valence-corrected chi connectivity index (χ4v) is 2.28. The summed E-state index contributed by atoms with van der Waals surface area (Å²) in [5.74, 6) is 1.03. The molecule has 3 heterocycles. The van der Waals surface area contributed by atoms with Crippen molar-refractivity contribution in [2.75, 3.05) is 18.0 Å². The van der Waals surface area contributed by atoms with Gasteiger partial charge in [0.15, 0.2) is 0 Å². The molecule has 4 nitrogen and oxygen atoms in total. The third-order valence-corrected chi connectivity index (χ3v) is 4.48. The van der Waals surface area contributed by atoms with Crippen LogP contribution < -0.4 is 10.4 Å². The first-order valence-corrected chi connectivity index (χ1v) is 6.96. The van der Waals surface area contributed by atoms with Gasteiger partial charge in [0.2, 0.25) is 0 Å². The molecule has 2 aliphatic rings. The van der Waals surface area contributed by atoms with E-state index in [0.717, 1.165) is 24.4 Å². The summed E-state index contributed by atoms with van der Waals surface area (Å²) in [4.78, 5) is 6.69. The van der Waals surface area contributed by atoms with Crippen LogP contribution in [0, 0.1) is 0 Å². The molecule has 1 aromatic heterocycles. The van der Waals surface area contributed by atoms with Crippen molar-refractivity contribution >= 4 is 18.4 Å². The van der Waals surface area contributed by atoms with E-state index in [1.807, 2.05) is 12.3 Å². The van der Waals surface area contributed by atoms with E-state index in [-0.39, 0.29) is 18.3 Å². The molecule has 19 heavy (non-hydrogen) atoms. The van der Waals surface area contributed by atoms with E-state index in [1.165, 1.54) is 6.42 Å². The molecule has 0 saturated carbocycles. The van der Waals surface area contributed by atoms with Crippen molar-refractivity contribution in [1.82, 2.24) is 4.98 Å². The molecule has 0 N–H and O–H groups in total. The summed E-state index contributed by atoms with van der Waals surface area (Å²) in [5, 5.41) is 0. The zero-order chi connectivity index (χ0) is 13.7. The number of rotatable bonds is 2. The SMILES string of the molecule is CC1(C)OB(c2ccnc(N3CCC3)c2)OC1(C)C. The second-order valence-electron chi connectivity index (χ2n) is 6.38. The highest BCUT2D eigenvalue weighted by molar-refractivity contribution is 6.62. The van der Waals surface area contributed by atoms with E-state index >= 15 is 0 Å². The smallest absolute Gasteiger partial charge is 0.399 e. The highest BCUT2D eigenvalue weighted by Gasteiger charge is 2.51. The van der Waals surface area contributed by atoms with Gasteiger partial charge in [-0.15, -0.1) is 0 Å². The van der Waals surface area contributed by atoms with Crippen LogP contribution in [0.25, 0.3) is 0 Å². The lowest BCUT2D eigenvalue weighted by Crippen LogP contribution is -2.41. The van der Waals surface area contributed by atoms with Crippen molar-refractivity contribution in [1.29, 1.82) is 0 Å². The van der Waals surface area contributed by atoms with E-state index in [0.29, 0.717) is 0 Å². The first-order chi connectivity index (χ1) is 8.89. The summed E-state index contributed by atoms with van der Waals surface area (Å²) in [6, 6.07) is 4.06. The first-order valence-electron chi connectivity index (χ1n) is 6.96. The van der Waals surface area contributed by atoms with E-state index in [1.54, 1.807) is 0 Å². The molecule has 0 atom stereocenters. The Balaban J connectivity index is 1.83. The molecule has 0 radical (unpaired) electrons. The quantitative estimate of drug-likeness (QED) is 0.756. The van der Waals surface area contributed by atoms with Gasteiger partial charge < -0.3 is 14.2 Å². The van der Waals surface area contributed by atoms with Crippen molar-refractivity contribution in [3.05, 3.63) is 18.3 Å². The van der Waals surface area contributed by atoms with Gasteiger partial charge in [-0.1, -0.05) is 0 Å². The van der Waals surface area contributed by atoms with Crippen molar-refractivity contribution in [3.63, 3.8) is 0 Å². The first kappa shape index (κ1) is 12.9. The van der Waals surface area contributed by atoms with Crippen LogP contribution >= 0.6 is 0 Å². The van der Waals surface area contributed by atoms with Crippen LogP contribution in [-0.4, -0.2) is 36.4 Å². The summed E-state index contributed by atoms with van der Waals surface area (Å²) in [5.41, 5.74) is 0.464. The summed E-state index contributed by atoms with van der Waals surface area (Å²) in [6.45, 7) is 10.5. The lowest BCUT2D eigenvalue weighted by Gasteiger charge is -2.32. The standard InChI is InChI=1S/C14H21BN2O2/c1-13(2)14(3,4)19-15(18-13)11-6-7-16-12(10-11)17-8-5-9-17/h6-7,10H,5,8-9H2,1-4H3. The van der Waals surface area contributed by atoms with Gasteiger partial charge in [-0.2, -0.15) is 0 Å². The predicted molar refractivity (Wildman–Crippen MR) is 76.8 cm³/mol. The van der Waals surface area contributed by atoms with Crippen LogP contribution in [0.3, 0.4) is 0 Å². The van der Waals surface area contributed by atoms with Crippen molar-refractivity contribution in [2.24, 2.45) is 0 Å². The Morgan fingerprint density at radius 3 is 2.32 bits per heavy atom. The number of hydrogen-bond donors (Lipinski definition) is 0. The minimum atomic E-state index is -0.298. The highest BCUT2D eigenvalue weighted by Crippen LogP contribution is 2.36. The molecule has 0 amide bonds. The molecule has 0 aromatic carbocycles. The van der Waals surface area contributed by atoms with Gasteiger partial charge in [0, 0.05) is 19.3 Å². The van der Waals surface area contributed by atoms with Gasteiger partial charge in [0.1, 0.15) is 5.82 Å². The molecule has 2 fully saturated rings. The molecule has 3 rings (SSSR count). The monoisotopic (exact) mass is 260 g/mol. The molecule has 102 valence electrons. The van der Waals surface area contributed by atoms with Gasteiger partial charge in [-0.3, -0.25) is 0 Å². The largest absolute Gasteiger partial charge is 0.495 e. The molecule has 2 aliphatic heterocycles. The molecule has 5 heteroatoms. The maximum absolute atomic E-state index is 6.07.